The second kappa shape index (κ2) is 9.92. The van der Waals surface area contributed by atoms with Crippen LogP contribution in [0.5, 0.6) is 0 Å². The Morgan fingerprint density at radius 2 is 1.71 bits per heavy atom. The molecule has 1 aliphatic rings. The van der Waals surface area contributed by atoms with Gasteiger partial charge in [0.1, 0.15) is 5.69 Å². The fourth-order valence-electron chi connectivity index (χ4n) is 3.90. The minimum atomic E-state index is -0.401. The number of benzene rings is 2. The van der Waals surface area contributed by atoms with Crippen molar-refractivity contribution in [2.45, 2.75) is 33.2 Å². The zero-order chi connectivity index (χ0) is 22.5. The summed E-state index contributed by atoms with van der Waals surface area (Å²) in [4.78, 5) is 28.3. The van der Waals surface area contributed by atoms with E-state index in [0.29, 0.717) is 17.2 Å². The largest absolute Gasteiger partial charge is 0.363 e. The fraction of sp³-hybridized carbons (Fsp3) is 0.458. The molecule has 1 atom stereocenters. The van der Waals surface area contributed by atoms with E-state index in [1.54, 1.807) is 12.1 Å². The lowest BCUT2D eigenvalue weighted by atomic mass is 10.00. The third-order valence-electron chi connectivity index (χ3n) is 5.75. The van der Waals surface area contributed by atoms with Gasteiger partial charge in [-0.15, -0.1) is 0 Å². The van der Waals surface area contributed by atoms with Crippen LogP contribution in [0.3, 0.4) is 0 Å². The zero-order valence-electron chi connectivity index (χ0n) is 18.8. The molecule has 0 bridgehead atoms. The second-order valence-corrected chi connectivity index (χ2v) is 8.79. The maximum Gasteiger partial charge on any atom is 0.293 e. The van der Waals surface area contributed by atoms with Gasteiger partial charge in [-0.3, -0.25) is 14.9 Å². The molecule has 1 heterocycles. The predicted octanol–water partition coefficient (Wildman–Crippen LogP) is 4.04. The number of carbonyl (C=O) groups is 1. The van der Waals surface area contributed by atoms with Gasteiger partial charge in [0, 0.05) is 37.8 Å². The Morgan fingerprint density at radius 3 is 2.29 bits per heavy atom. The number of nitro benzene ring substituents is 1. The van der Waals surface area contributed by atoms with Crippen LogP contribution in [-0.4, -0.2) is 49.0 Å². The molecule has 0 aliphatic carbocycles. The maximum atomic E-state index is 12.8. The molecule has 0 aromatic heterocycles. The van der Waals surface area contributed by atoms with Crippen molar-refractivity contribution in [2.24, 2.45) is 5.92 Å². The molecule has 3 rings (SSSR count). The van der Waals surface area contributed by atoms with Crippen LogP contribution < -0.4 is 10.2 Å². The topological polar surface area (TPSA) is 78.7 Å². The smallest absolute Gasteiger partial charge is 0.293 e. The lowest BCUT2D eigenvalue weighted by Gasteiger charge is -2.33. The summed E-state index contributed by atoms with van der Waals surface area (Å²) in [5.41, 5.74) is 3.12. The highest BCUT2D eigenvalue weighted by atomic mass is 16.6. The number of nitrogens with one attached hydrogen (secondary N) is 1. The monoisotopic (exact) mass is 424 g/mol. The van der Waals surface area contributed by atoms with E-state index in [2.05, 4.69) is 36.2 Å². The number of carbonyl (C=O) groups excluding carboxylic acids is 1. The molecule has 0 radical (unpaired) electrons. The second-order valence-electron chi connectivity index (χ2n) is 8.79. The van der Waals surface area contributed by atoms with Crippen LogP contribution in [0.2, 0.25) is 0 Å². The van der Waals surface area contributed by atoms with Gasteiger partial charge in [-0.25, -0.2) is 0 Å². The molecule has 0 saturated carbocycles. The highest BCUT2D eigenvalue weighted by Gasteiger charge is 2.24. The van der Waals surface area contributed by atoms with Crippen LogP contribution in [-0.2, 0) is 6.42 Å². The average Bonchev–Trinajstić information content (AvgIpc) is 2.74. The van der Waals surface area contributed by atoms with Gasteiger partial charge in [0.25, 0.3) is 11.6 Å². The molecule has 1 fully saturated rings. The van der Waals surface area contributed by atoms with Crippen molar-refractivity contribution in [1.29, 1.82) is 0 Å². The first kappa shape index (κ1) is 22.7. The number of nitrogens with zero attached hydrogens (tertiary/aromatic N) is 3. The third kappa shape index (κ3) is 5.82. The van der Waals surface area contributed by atoms with Gasteiger partial charge in [-0.1, -0.05) is 38.1 Å². The fourth-order valence-corrected chi connectivity index (χ4v) is 3.90. The quantitative estimate of drug-likeness (QED) is 0.536. The number of piperazine rings is 1. The normalized spacial score (nSPS) is 15.7. The maximum absolute atomic E-state index is 12.8. The van der Waals surface area contributed by atoms with Crippen LogP contribution in [0.4, 0.5) is 11.4 Å². The molecular weight excluding hydrogens is 392 g/mol. The van der Waals surface area contributed by atoms with E-state index in [1.165, 1.54) is 11.6 Å². The summed E-state index contributed by atoms with van der Waals surface area (Å²) in [5.74, 6) is 0.277. The van der Waals surface area contributed by atoms with Crippen molar-refractivity contribution in [3.05, 3.63) is 69.3 Å². The van der Waals surface area contributed by atoms with Crippen LogP contribution in [0.1, 0.15) is 48.3 Å². The SMILES string of the molecule is CC(C)Cc1ccc(C(C)NC(=O)c2ccc(N3CCN(C)CC3)c([N+](=O)[O-])c2)cc1. The molecule has 1 amide bonds. The van der Waals surface area contributed by atoms with E-state index in [4.69, 9.17) is 0 Å². The molecular formula is C24H32N4O3. The summed E-state index contributed by atoms with van der Waals surface area (Å²) in [7, 11) is 2.04. The highest BCUT2D eigenvalue weighted by molar-refractivity contribution is 5.96. The van der Waals surface area contributed by atoms with Crippen LogP contribution in [0.15, 0.2) is 42.5 Å². The number of likely N-dealkylation sites (N-methyl/N-ethyl adjacent to an activating group) is 1. The Kier molecular flexibility index (Phi) is 7.28. The molecule has 1 saturated heterocycles. The first-order chi connectivity index (χ1) is 14.7. The molecule has 2 aromatic rings. The number of hydrogen-bond donors (Lipinski definition) is 1. The summed E-state index contributed by atoms with van der Waals surface area (Å²) in [6.45, 7) is 9.46. The minimum absolute atomic E-state index is 0.0251. The third-order valence-corrected chi connectivity index (χ3v) is 5.75. The summed E-state index contributed by atoms with van der Waals surface area (Å²) < 4.78 is 0. The molecule has 31 heavy (non-hydrogen) atoms. The lowest BCUT2D eigenvalue weighted by molar-refractivity contribution is -0.384. The molecule has 0 spiro atoms. The number of nitro groups is 1. The molecule has 1 aliphatic heterocycles. The number of anilines is 1. The average molecular weight is 425 g/mol. The molecule has 166 valence electrons. The summed E-state index contributed by atoms with van der Waals surface area (Å²) in [6, 6.07) is 12.8. The van der Waals surface area contributed by atoms with Gasteiger partial charge in [-0.2, -0.15) is 0 Å². The first-order valence-corrected chi connectivity index (χ1v) is 10.9. The van der Waals surface area contributed by atoms with E-state index in [-0.39, 0.29) is 17.6 Å². The number of amides is 1. The van der Waals surface area contributed by atoms with Gasteiger partial charge >= 0.3 is 0 Å². The molecule has 7 heteroatoms. The summed E-state index contributed by atoms with van der Waals surface area (Å²) in [6.07, 6.45) is 1.02. The van der Waals surface area contributed by atoms with Gasteiger partial charge in [0.05, 0.1) is 11.0 Å². The van der Waals surface area contributed by atoms with E-state index >= 15 is 0 Å². The van der Waals surface area contributed by atoms with Crippen LogP contribution >= 0.6 is 0 Å². The van der Waals surface area contributed by atoms with E-state index in [0.717, 1.165) is 38.2 Å². The Balaban J connectivity index is 1.72. The Bertz CT molecular complexity index is 919. The van der Waals surface area contributed by atoms with Crippen molar-refractivity contribution in [3.8, 4) is 0 Å². The van der Waals surface area contributed by atoms with Crippen LogP contribution in [0.25, 0.3) is 0 Å². The molecule has 1 unspecified atom stereocenters. The van der Waals surface area contributed by atoms with Crippen molar-refractivity contribution in [2.75, 3.05) is 38.1 Å². The number of hydrogen-bond acceptors (Lipinski definition) is 5. The minimum Gasteiger partial charge on any atom is -0.363 e. The van der Waals surface area contributed by atoms with Crippen molar-refractivity contribution in [1.82, 2.24) is 10.2 Å². The van der Waals surface area contributed by atoms with E-state index in [1.807, 2.05) is 31.0 Å². The summed E-state index contributed by atoms with van der Waals surface area (Å²) in [5, 5.41) is 14.7. The first-order valence-electron chi connectivity index (χ1n) is 10.9. The van der Waals surface area contributed by atoms with Gasteiger partial charge < -0.3 is 15.1 Å². The predicted molar refractivity (Wildman–Crippen MR) is 124 cm³/mol. The van der Waals surface area contributed by atoms with Gasteiger partial charge in [-0.05, 0) is 49.6 Å². The standard InChI is InChI=1S/C24H32N4O3/c1-17(2)15-19-5-7-20(8-6-19)18(3)25-24(29)21-9-10-22(23(16-21)28(30)31)27-13-11-26(4)12-14-27/h5-10,16-18H,11-15H2,1-4H3,(H,25,29). The van der Waals surface area contributed by atoms with Crippen molar-refractivity contribution in [3.63, 3.8) is 0 Å². The van der Waals surface area contributed by atoms with E-state index < -0.39 is 4.92 Å². The van der Waals surface area contributed by atoms with Crippen LogP contribution in [0, 0.1) is 16.0 Å². The number of rotatable bonds is 7. The van der Waals surface area contributed by atoms with Crippen molar-refractivity contribution < 1.29 is 9.72 Å². The molecule has 1 N–H and O–H groups in total. The van der Waals surface area contributed by atoms with E-state index in [9.17, 15) is 14.9 Å². The molecule has 7 nitrogen and oxygen atoms in total. The summed E-state index contributed by atoms with van der Waals surface area (Å²) >= 11 is 0. The van der Waals surface area contributed by atoms with Gasteiger partial charge in [0.15, 0.2) is 0 Å². The van der Waals surface area contributed by atoms with Gasteiger partial charge in [0.2, 0.25) is 0 Å². The molecule has 2 aromatic carbocycles. The highest BCUT2D eigenvalue weighted by Crippen LogP contribution is 2.30. The lowest BCUT2D eigenvalue weighted by Crippen LogP contribution is -2.44. The Hall–Kier alpha value is -2.93. The Morgan fingerprint density at radius 1 is 1.06 bits per heavy atom. The zero-order valence-corrected chi connectivity index (χ0v) is 18.8. The Labute approximate surface area is 184 Å². The van der Waals surface area contributed by atoms with Crippen molar-refractivity contribution >= 4 is 17.3 Å².